The van der Waals surface area contributed by atoms with Crippen molar-refractivity contribution in [2.24, 2.45) is 0 Å². The molecule has 13 heteroatoms. The van der Waals surface area contributed by atoms with E-state index in [9.17, 15) is 8.78 Å². The fraction of sp³-hybridized carbons (Fsp3) is 0.500. The van der Waals surface area contributed by atoms with Gasteiger partial charge in [0.2, 0.25) is 11.8 Å². The summed E-state index contributed by atoms with van der Waals surface area (Å²) >= 11 is 0. The number of nitrogens with zero attached hydrogens (tertiary/aromatic N) is 7. The van der Waals surface area contributed by atoms with Crippen LogP contribution in [0.1, 0.15) is 19.4 Å². The van der Waals surface area contributed by atoms with Gasteiger partial charge >= 0.3 is 0 Å². The fourth-order valence-electron chi connectivity index (χ4n) is 5.00. The van der Waals surface area contributed by atoms with Crippen LogP contribution in [-0.2, 0) is 4.74 Å². The number of hydrogen-bond acceptors (Lipinski definition) is 8. The van der Waals surface area contributed by atoms with Crippen LogP contribution in [0.2, 0.25) is 0 Å². The van der Waals surface area contributed by atoms with Gasteiger partial charge in [0.25, 0.3) is 0 Å². The highest BCUT2D eigenvalue weighted by Crippen LogP contribution is 2.36. The summed E-state index contributed by atoms with van der Waals surface area (Å²) in [5.74, 6) is -0.255. The van der Waals surface area contributed by atoms with Gasteiger partial charge in [0, 0.05) is 13.1 Å². The lowest BCUT2D eigenvalue weighted by molar-refractivity contribution is -0.0794. The molecule has 2 saturated heterocycles. The SMILES string of the molecule is COc1nc(N[C@@H]2CCN(C3COC3)C[C@H]2F)nn2cc(F)c(-c3ccc4nnn([C@H](C)CF)c4c3)c12. The van der Waals surface area contributed by atoms with Crippen molar-refractivity contribution in [2.75, 3.05) is 45.4 Å². The number of piperidine rings is 1. The summed E-state index contributed by atoms with van der Waals surface area (Å²) in [6.07, 6.45) is 0.690. The minimum absolute atomic E-state index is 0.139. The Labute approximate surface area is 210 Å². The molecule has 2 aliphatic rings. The standard InChI is InChI=1S/C24H27F3N8O2/c1-13(8-25)35-20-7-14(3-4-19(20)30-32-35)21-17(27)10-34-22(21)23(36-2)29-24(31-34)28-18-5-6-33(9-16(18)26)15-11-37-12-15/h3-4,7,10,13,15-16,18H,5-6,8-9,11-12H2,1-2H3,(H,28,31)/t13-,16-,18-/m1/s1. The molecule has 0 radical (unpaired) electrons. The molecule has 10 nitrogen and oxygen atoms in total. The molecule has 0 aliphatic carbocycles. The molecular formula is C24H27F3N8O2. The first-order valence-corrected chi connectivity index (χ1v) is 12.2. The van der Waals surface area contributed by atoms with Gasteiger partial charge in [0.15, 0.2) is 5.82 Å². The lowest BCUT2D eigenvalue weighted by Gasteiger charge is -2.42. The quantitative estimate of drug-likeness (QED) is 0.401. The van der Waals surface area contributed by atoms with Crippen molar-refractivity contribution in [1.29, 1.82) is 0 Å². The molecule has 3 aromatic heterocycles. The second kappa shape index (κ2) is 9.45. The zero-order valence-electron chi connectivity index (χ0n) is 20.4. The van der Waals surface area contributed by atoms with Gasteiger partial charge in [-0.25, -0.2) is 22.4 Å². The normalized spacial score (nSPS) is 21.9. The Morgan fingerprint density at radius 2 is 2.14 bits per heavy atom. The summed E-state index contributed by atoms with van der Waals surface area (Å²) < 4.78 is 57.2. The highest BCUT2D eigenvalue weighted by atomic mass is 19.1. The van der Waals surface area contributed by atoms with Gasteiger partial charge in [-0.3, -0.25) is 4.90 Å². The van der Waals surface area contributed by atoms with E-state index in [0.29, 0.717) is 48.3 Å². The summed E-state index contributed by atoms with van der Waals surface area (Å²) in [6.45, 7) is 3.41. The number of likely N-dealkylation sites (tertiary alicyclic amines) is 1. The van der Waals surface area contributed by atoms with Crippen molar-refractivity contribution < 1.29 is 22.6 Å². The zero-order valence-corrected chi connectivity index (χ0v) is 20.4. The van der Waals surface area contributed by atoms with Gasteiger partial charge in [0.05, 0.1) is 55.7 Å². The smallest absolute Gasteiger partial charge is 0.244 e. The fourth-order valence-corrected chi connectivity index (χ4v) is 5.00. The predicted octanol–water partition coefficient (Wildman–Crippen LogP) is 3.04. The van der Waals surface area contributed by atoms with Gasteiger partial charge < -0.3 is 14.8 Å². The van der Waals surface area contributed by atoms with Crippen molar-refractivity contribution in [1.82, 2.24) is 34.5 Å². The van der Waals surface area contributed by atoms with E-state index in [2.05, 4.69) is 30.6 Å². The lowest BCUT2D eigenvalue weighted by Crippen LogP contribution is -2.57. The van der Waals surface area contributed by atoms with E-state index in [1.807, 2.05) is 0 Å². The van der Waals surface area contributed by atoms with Crippen LogP contribution in [0.15, 0.2) is 24.4 Å². The molecule has 6 rings (SSSR count). The number of anilines is 1. The molecule has 0 bridgehead atoms. The summed E-state index contributed by atoms with van der Waals surface area (Å²) in [5, 5.41) is 15.6. The number of fused-ring (bicyclic) bond motifs is 2. The second-order valence-corrected chi connectivity index (χ2v) is 9.57. The van der Waals surface area contributed by atoms with E-state index in [1.165, 1.54) is 22.5 Å². The Kier molecular flexibility index (Phi) is 6.11. The van der Waals surface area contributed by atoms with Crippen LogP contribution in [0.3, 0.4) is 0 Å². The number of nitrogens with one attached hydrogen (secondary N) is 1. The topological polar surface area (TPSA) is 94.6 Å². The molecule has 0 unspecified atom stereocenters. The maximum atomic E-state index is 15.3. The minimum Gasteiger partial charge on any atom is -0.479 e. The van der Waals surface area contributed by atoms with E-state index in [-0.39, 0.29) is 23.4 Å². The van der Waals surface area contributed by atoms with Crippen LogP contribution in [-0.4, -0.2) is 92.8 Å². The third kappa shape index (κ3) is 4.15. The van der Waals surface area contributed by atoms with E-state index in [4.69, 9.17) is 9.47 Å². The highest BCUT2D eigenvalue weighted by Gasteiger charge is 2.36. The van der Waals surface area contributed by atoms with Gasteiger partial charge in [-0.15, -0.1) is 10.2 Å². The first kappa shape index (κ1) is 23.9. The molecule has 4 aromatic rings. The van der Waals surface area contributed by atoms with Gasteiger partial charge in [-0.2, -0.15) is 4.98 Å². The number of hydrogen-bond donors (Lipinski definition) is 1. The van der Waals surface area contributed by atoms with Crippen molar-refractivity contribution in [3.63, 3.8) is 0 Å². The Bertz CT molecular complexity index is 1440. The van der Waals surface area contributed by atoms with Gasteiger partial charge in [-0.05, 0) is 31.0 Å². The summed E-state index contributed by atoms with van der Waals surface area (Å²) in [7, 11) is 1.43. The number of ether oxygens (including phenoxy) is 2. The Hall–Kier alpha value is -3.45. The number of methoxy groups -OCH3 is 1. The Morgan fingerprint density at radius 1 is 1.30 bits per heavy atom. The summed E-state index contributed by atoms with van der Waals surface area (Å²) in [6, 6.07) is 4.40. The van der Waals surface area contributed by atoms with Crippen LogP contribution >= 0.6 is 0 Å². The summed E-state index contributed by atoms with van der Waals surface area (Å²) in [4.78, 5) is 6.54. The van der Waals surface area contributed by atoms with Crippen LogP contribution < -0.4 is 10.1 Å². The molecule has 1 N–H and O–H groups in total. The van der Waals surface area contributed by atoms with Crippen molar-refractivity contribution in [3.8, 4) is 17.0 Å². The number of alkyl halides is 2. The Morgan fingerprint density at radius 3 is 2.84 bits per heavy atom. The third-order valence-electron chi connectivity index (χ3n) is 7.17. The van der Waals surface area contributed by atoms with Crippen LogP contribution in [0.5, 0.6) is 5.88 Å². The van der Waals surface area contributed by atoms with Crippen molar-refractivity contribution in [2.45, 2.75) is 37.6 Å². The highest BCUT2D eigenvalue weighted by molar-refractivity contribution is 5.89. The third-order valence-corrected chi connectivity index (χ3v) is 7.17. The molecule has 3 atom stereocenters. The number of benzene rings is 1. The Balaban J connectivity index is 1.33. The number of halogens is 3. The minimum atomic E-state index is -1.12. The predicted molar refractivity (Wildman–Crippen MR) is 130 cm³/mol. The molecule has 0 amide bonds. The van der Waals surface area contributed by atoms with E-state index >= 15 is 4.39 Å². The van der Waals surface area contributed by atoms with Crippen LogP contribution in [0.25, 0.3) is 27.7 Å². The van der Waals surface area contributed by atoms with Gasteiger partial charge in [0.1, 0.15) is 23.9 Å². The molecular weight excluding hydrogens is 489 g/mol. The second-order valence-electron chi connectivity index (χ2n) is 9.57. The number of rotatable bonds is 7. The molecule has 2 fully saturated rings. The molecule has 0 saturated carbocycles. The largest absolute Gasteiger partial charge is 0.479 e. The zero-order chi connectivity index (χ0) is 25.7. The molecule has 196 valence electrons. The summed E-state index contributed by atoms with van der Waals surface area (Å²) in [5.41, 5.74) is 2.21. The van der Waals surface area contributed by atoms with Crippen molar-refractivity contribution >= 4 is 22.5 Å². The molecule has 37 heavy (non-hydrogen) atoms. The average molecular weight is 517 g/mol. The molecule has 5 heterocycles. The first-order valence-electron chi connectivity index (χ1n) is 12.2. The molecule has 2 aliphatic heterocycles. The molecule has 1 aromatic carbocycles. The molecule has 0 spiro atoms. The van der Waals surface area contributed by atoms with E-state index in [0.717, 1.165) is 6.54 Å². The van der Waals surface area contributed by atoms with Crippen molar-refractivity contribution in [3.05, 3.63) is 30.2 Å². The first-order chi connectivity index (χ1) is 18.0. The average Bonchev–Trinajstić information content (AvgIpc) is 3.43. The maximum absolute atomic E-state index is 15.3. The van der Waals surface area contributed by atoms with Gasteiger partial charge in [-0.1, -0.05) is 11.3 Å². The number of aromatic nitrogens is 6. The maximum Gasteiger partial charge on any atom is 0.244 e. The van der Waals surface area contributed by atoms with E-state index in [1.54, 1.807) is 25.1 Å². The van der Waals surface area contributed by atoms with Crippen LogP contribution in [0, 0.1) is 5.82 Å². The monoisotopic (exact) mass is 516 g/mol. The lowest BCUT2D eigenvalue weighted by atomic mass is 10.0. The van der Waals surface area contributed by atoms with Crippen LogP contribution in [0.4, 0.5) is 19.1 Å². The van der Waals surface area contributed by atoms with E-state index < -0.39 is 30.7 Å².